The van der Waals surface area contributed by atoms with Gasteiger partial charge in [0, 0.05) is 14.1 Å². The molecule has 0 unspecified atom stereocenters. The molecule has 0 bridgehead atoms. The minimum absolute atomic E-state index is 0.121. The molecule has 0 spiro atoms. The number of halogens is 1. The van der Waals surface area contributed by atoms with Crippen molar-refractivity contribution in [2.45, 2.75) is 4.90 Å². The van der Waals surface area contributed by atoms with Gasteiger partial charge < -0.3 is 5.73 Å². The minimum Gasteiger partial charge on any atom is -0.398 e. The van der Waals surface area contributed by atoms with Gasteiger partial charge in [-0.15, -0.1) is 4.83 Å². The molecular formula is C8H12FN3O2S. The maximum absolute atomic E-state index is 13.3. The second-order valence-electron chi connectivity index (χ2n) is 3.15. The van der Waals surface area contributed by atoms with Crippen molar-refractivity contribution in [2.24, 2.45) is 0 Å². The first-order valence-corrected chi connectivity index (χ1v) is 5.56. The van der Waals surface area contributed by atoms with Crippen molar-refractivity contribution in [1.29, 1.82) is 0 Å². The molecular weight excluding hydrogens is 221 g/mol. The molecule has 0 aliphatic heterocycles. The number of hydrogen-bond acceptors (Lipinski definition) is 4. The van der Waals surface area contributed by atoms with Gasteiger partial charge in [0.15, 0.2) is 0 Å². The fourth-order valence-electron chi connectivity index (χ4n) is 1.10. The number of nitrogen functional groups attached to an aromatic ring is 1. The lowest BCUT2D eigenvalue weighted by Gasteiger charge is -2.14. The minimum atomic E-state index is -3.94. The molecule has 3 N–H and O–H groups in total. The predicted octanol–water partition coefficient (Wildman–Crippen LogP) is 0.163. The van der Waals surface area contributed by atoms with Crippen molar-refractivity contribution in [3.05, 3.63) is 24.0 Å². The molecule has 0 fully saturated rings. The first kappa shape index (κ1) is 11.9. The standard InChI is InChI=1S/C8H12FN3O2S/c1-12(2)11-15(13,14)8-6(9)4-3-5-7(8)10/h3-5,11H,10H2,1-2H3. The predicted molar refractivity (Wildman–Crippen MR) is 54.8 cm³/mol. The van der Waals surface area contributed by atoms with Gasteiger partial charge in [0.25, 0.3) is 10.0 Å². The smallest absolute Gasteiger partial charge is 0.258 e. The summed E-state index contributed by atoms with van der Waals surface area (Å²) in [5, 5.41) is 1.20. The molecule has 0 saturated carbocycles. The van der Waals surface area contributed by atoms with Crippen LogP contribution in [0.15, 0.2) is 23.1 Å². The fourth-order valence-corrected chi connectivity index (χ4v) is 2.37. The zero-order chi connectivity index (χ0) is 11.6. The van der Waals surface area contributed by atoms with Crippen molar-refractivity contribution in [1.82, 2.24) is 9.84 Å². The largest absolute Gasteiger partial charge is 0.398 e. The highest BCUT2D eigenvalue weighted by atomic mass is 32.2. The maximum atomic E-state index is 13.3. The van der Waals surface area contributed by atoms with E-state index in [9.17, 15) is 12.8 Å². The number of nitrogens with one attached hydrogen (secondary N) is 1. The van der Waals surface area contributed by atoms with E-state index in [1.165, 1.54) is 31.2 Å². The molecule has 0 saturated heterocycles. The highest BCUT2D eigenvalue weighted by Gasteiger charge is 2.22. The van der Waals surface area contributed by atoms with Gasteiger partial charge in [-0.2, -0.15) is 0 Å². The Balaban J connectivity index is 3.27. The van der Waals surface area contributed by atoms with Crippen LogP contribution >= 0.6 is 0 Å². The number of sulfonamides is 1. The summed E-state index contributed by atoms with van der Waals surface area (Å²) in [6.07, 6.45) is 0. The van der Waals surface area contributed by atoms with E-state index in [0.717, 1.165) is 6.07 Å². The number of anilines is 1. The van der Waals surface area contributed by atoms with E-state index in [0.29, 0.717) is 0 Å². The number of benzene rings is 1. The molecule has 0 amide bonds. The number of nitrogens with two attached hydrogens (primary N) is 1. The lowest BCUT2D eigenvalue weighted by atomic mass is 10.3. The zero-order valence-corrected chi connectivity index (χ0v) is 9.18. The van der Waals surface area contributed by atoms with Crippen molar-refractivity contribution in [3.63, 3.8) is 0 Å². The first-order chi connectivity index (χ1) is 6.84. The number of rotatable bonds is 3. The van der Waals surface area contributed by atoms with Crippen LogP contribution in [0.1, 0.15) is 0 Å². The Hall–Kier alpha value is -1.18. The molecule has 0 aliphatic carbocycles. The van der Waals surface area contributed by atoms with Crippen LogP contribution in [-0.4, -0.2) is 27.5 Å². The Morgan fingerprint density at radius 2 is 2.00 bits per heavy atom. The molecule has 1 aromatic carbocycles. The SMILES string of the molecule is CN(C)NS(=O)(=O)c1c(N)cccc1F. The number of hydrazine groups is 1. The molecule has 0 aromatic heterocycles. The highest BCUT2D eigenvalue weighted by molar-refractivity contribution is 7.89. The second-order valence-corrected chi connectivity index (χ2v) is 4.75. The second kappa shape index (κ2) is 4.13. The van der Waals surface area contributed by atoms with E-state index in [-0.39, 0.29) is 5.69 Å². The molecule has 84 valence electrons. The molecule has 15 heavy (non-hydrogen) atoms. The third-order valence-corrected chi connectivity index (χ3v) is 3.14. The summed E-state index contributed by atoms with van der Waals surface area (Å²) in [5.41, 5.74) is 5.28. The van der Waals surface area contributed by atoms with Gasteiger partial charge in [-0.3, -0.25) is 0 Å². The van der Waals surface area contributed by atoms with E-state index in [2.05, 4.69) is 4.83 Å². The zero-order valence-electron chi connectivity index (χ0n) is 8.36. The van der Waals surface area contributed by atoms with Crippen molar-refractivity contribution in [3.8, 4) is 0 Å². The fraction of sp³-hybridized carbons (Fsp3) is 0.250. The van der Waals surface area contributed by atoms with Gasteiger partial charge in [0.1, 0.15) is 10.7 Å². The van der Waals surface area contributed by atoms with Gasteiger partial charge >= 0.3 is 0 Å². The van der Waals surface area contributed by atoms with Crippen LogP contribution in [0.4, 0.5) is 10.1 Å². The summed E-state index contributed by atoms with van der Waals surface area (Å²) < 4.78 is 36.5. The molecule has 5 nitrogen and oxygen atoms in total. The van der Waals surface area contributed by atoms with Crippen LogP contribution in [0, 0.1) is 5.82 Å². The topological polar surface area (TPSA) is 75.4 Å². The summed E-state index contributed by atoms with van der Waals surface area (Å²) in [4.78, 5) is 1.57. The normalized spacial score (nSPS) is 12.0. The lowest BCUT2D eigenvalue weighted by Crippen LogP contribution is -2.36. The Kier molecular flexibility index (Phi) is 3.28. The molecule has 0 aliphatic rings. The summed E-state index contributed by atoms with van der Waals surface area (Å²) in [6, 6.07) is 3.72. The molecule has 1 rings (SSSR count). The summed E-state index contributed by atoms with van der Waals surface area (Å²) in [6.45, 7) is 0. The van der Waals surface area contributed by atoms with Gasteiger partial charge in [0.2, 0.25) is 0 Å². The van der Waals surface area contributed by atoms with Gasteiger partial charge in [-0.25, -0.2) is 17.8 Å². The molecule has 7 heteroatoms. The summed E-state index contributed by atoms with van der Waals surface area (Å²) >= 11 is 0. The monoisotopic (exact) mass is 233 g/mol. The first-order valence-electron chi connectivity index (χ1n) is 4.08. The summed E-state index contributed by atoms with van der Waals surface area (Å²) in [5.74, 6) is -0.871. The maximum Gasteiger partial charge on any atom is 0.258 e. The Bertz CT molecular complexity index is 439. The van der Waals surface area contributed by atoms with Crippen LogP contribution in [0.5, 0.6) is 0 Å². The van der Waals surface area contributed by atoms with Crippen LogP contribution in [0.2, 0.25) is 0 Å². The van der Waals surface area contributed by atoms with E-state index >= 15 is 0 Å². The third-order valence-electron chi connectivity index (χ3n) is 1.57. The Labute approximate surface area is 87.7 Å². The van der Waals surface area contributed by atoms with Crippen LogP contribution in [0.25, 0.3) is 0 Å². The molecule has 0 heterocycles. The quantitative estimate of drug-likeness (QED) is 0.576. The van der Waals surface area contributed by atoms with Crippen LogP contribution in [-0.2, 0) is 10.0 Å². The van der Waals surface area contributed by atoms with Gasteiger partial charge in [0.05, 0.1) is 5.69 Å². The highest BCUT2D eigenvalue weighted by Crippen LogP contribution is 2.21. The average molecular weight is 233 g/mol. The van der Waals surface area contributed by atoms with Gasteiger partial charge in [-0.1, -0.05) is 6.07 Å². The Morgan fingerprint density at radius 3 is 2.47 bits per heavy atom. The van der Waals surface area contributed by atoms with Gasteiger partial charge in [-0.05, 0) is 12.1 Å². The average Bonchev–Trinajstić information content (AvgIpc) is 1.99. The van der Waals surface area contributed by atoms with E-state index in [4.69, 9.17) is 5.73 Å². The molecule has 0 radical (unpaired) electrons. The summed E-state index contributed by atoms with van der Waals surface area (Å²) in [7, 11) is -0.983. The van der Waals surface area contributed by atoms with E-state index in [1.807, 2.05) is 0 Å². The number of nitrogens with zero attached hydrogens (tertiary/aromatic N) is 1. The van der Waals surface area contributed by atoms with Crippen molar-refractivity contribution >= 4 is 15.7 Å². The lowest BCUT2D eigenvalue weighted by molar-refractivity contribution is 0.363. The van der Waals surface area contributed by atoms with Crippen LogP contribution < -0.4 is 10.6 Å². The van der Waals surface area contributed by atoms with Crippen LogP contribution in [0.3, 0.4) is 0 Å². The van der Waals surface area contributed by atoms with Crippen molar-refractivity contribution in [2.75, 3.05) is 19.8 Å². The molecule has 1 aromatic rings. The molecule has 0 atom stereocenters. The van der Waals surface area contributed by atoms with E-state index in [1.54, 1.807) is 0 Å². The Morgan fingerprint density at radius 1 is 1.40 bits per heavy atom. The van der Waals surface area contributed by atoms with Crippen molar-refractivity contribution < 1.29 is 12.8 Å². The van der Waals surface area contributed by atoms with E-state index < -0.39 is 20.7 Å². The third kappa shape index (κ3) is 2.65. The number of hydrogen-bond donors (Lipinski definition) is 2.